The molecular weight excluding hydrogens is 260 g/mol. The van der Waals surface area contributed by atoms with Gasteiger partial charge in [0.1, 0.15) is 0 Å². The van der Waals surface area contributed by atoms with E-state index in [1.54, 1.807) is 16.8 Å². The fourth-order valence-electron chi connectivity index (χ4n) is 2.07. The second kappa shape index (κ2) is 4.73. The van der Waals surface area contributed by atoms with Crippen molar-refractivity contribution >= 4 is 5.97 Å². The number of ether oxygens (including phenoxy) is 2. The summed E-state index contributed by atoms with van der Waals surface area (Å²) >= 11 is 0. The summed E-state index contributed by atoms with van der Waals surface area (Å²) in [5.74, 6) is 0.266. The molecule has 6 nitrogen and oxygen atoms in total. The van der Waals surface area contributed by atoms with Gasteiger partial charge in [-0.15, -0.1) is 6.58 Å². The molecule has 1 N–H and O–H groups in total. The van der Waals surface area contributed by atoms with Crippen LogP contribution < -0.4 is 9.47 Å². The van der Waals surface area contributed by atoms with Crippen molar-refractivity contribution < 1.29 is 19.4 Å². The molecule has 6 heteroatoms. The number of hydrogen-bond donors (Lipinski definition) is 1. The molecule has 1 aliphatic rings. The van der Waals surface area contributed by atoms with Crippen LogP contribution in [0.4, 0.5) is 0 Å². The Morgan fingerprint density at radius 2 is 2.20 bits per heavy atom. The number of nitrogens with zero attached hydrogens (tertiary/aromatic N) is 2. The van der Waals surface area contributed by atoms with Crippen molar-refractivity contribution in [3.8, 4) is 22.8 Å². The summed E-state index contributed by atoms with van der Waals surface area (Å²) < 4.78 is 12.2. The summed E-state index contributed by atoms with van der Waals surface area (Å²) in [4.78, 5) is 11.0. The highest BCUT2D eigenvalue weighted by molar-refractivity contribution is 5.87. The summed E-state index contributed by atoms with van der Waals surface area (Å²) in [6, 6.07) is 6.98. The average molecular weight is 272 g/mol. The third-order valence-electron chi connectivity index (χ3n) is 2.97. The van der Waals surface area contributed by atoms with Crippen molar-refractivity contribution in [3.63, 3.8) is 0 Å². The standard InChI is InChI=1S/C14H12N2O4/c1-2-5-16-11(7-10(15-16)14(17)18)9-3-4-12-13(6-9)20-8-19-12/h2-4,6-7H,1,5,8H2,(H,17,18). The van der Waals surface area contributed by atoms with Gasteiger partial charge in [-0.25, -0.2) is 4.79 Å². The second-order valence-electron chi connectivity index (χ2n) is 4.26. The lowest BCUT2D eigenvalue weighted by Crippen LogP contribution is -2.03. The lowest BCUT2D eigenvalue weighted by Gasteiger charge is -2.05. The van der Waals surface area contributed by atoms with E-state index in [0.29, 0.717) is 23.7 Å². The first-order chi connectivity index (χ1) is 9.69. The average Bonchev–Trinajstić information content (AvgIpc) is 3.04. The van der Waals surface area contributed by atoms with Gasteiger partial charge in [-0.1, -0.05) is 6.08 Å². The molecule has 0 atom stereocenters. The van der Waals surface area contributed by atoms with Gasteiger partial charge in [0, 0.05) is 5.56 Å². The number of fused-ring (bicyclic) bond motifs is 1. The molecule has 0 saturated carbocycles. The maximum atomic E-state index is 11.0. The molecule has 0 bridgehead atoms. The van der Waals surface area contributed by atoms with Gasteiger partial charge in [-0.3, -0.25) is 4.68 Å². The van der Waals surface area contributed by atoms with Crippen LogP contribution in [-0.2, 0) is 6.54 Å². The molecule has 0 radical (unpaired) electrons. The van der Waals surface area contributed by atoms with Crippen LogP contribution in [0.5, 0.6) is 11.5 Å². The van der Waals surface area contributed by atoms with Crippen LogP contribution in [0.1, 0.15) is 10.5 Å². The Labute approximate surface area is 114 Å². The van der Waals surface area contributed by atoms with E-state index < -0.39 is 5.97 Å². The van der Waals surface area contributed by atoms with Crippen LogP contribution in [-0.4, -0.2) is 27.6 Å². The van der Waals surface area contributed by atoms with Crippen molar-refractivity contribution in [3.05, 3.63) is 42.6 Å². The lowest BCUT2D eigenvalue weighted by molar-refractivity contribution is 0.0689. The Bertz CT molecular complexity index is 690. The summed E-state index contributed by atoms with van der Waals surface area (Å²) in [5, 5.41) is 13.1. The molecule has 102 valence electrons. The van der Waals surface area contributed by atoms with Crippen LogP contribution in [0.2, 0.25) is 0 Å². The zero-order valence-electron chi connectivity index (χ0n) is 10.6. The lowest BCUT2D eigenvalue weighted by atomic mass is 10.1. The summed E-state index contributed by atoms with van der Waals surface area (Å²) in [5.41, 5.74) is 1.51. The predicted octanol–water partition coefficient (Wildman–Crippen LogP) is 2.16. The van der Waals surface area contributed by atoms with Crippen molar-refractivity contribution in [2.75, 3.05) is 6.79 Å². The van der Waals surface area contributed by atoms with Gasteiger partial charge in [-0.05, 0) is 24.3 Å². The van der Waals surface area contributed by atoms with Gasteiger partial charge >= 0.3 is 5.97 Å². The Kier molecular flexibility index (Phi) is 2.90. The van der Waals surface area contributed by atoms with Crippen LogP contribution >= 0.6 is 0 Å². The molecule has 0 amide bonds. The number of benzene rings is 1. The SMILES string of the molecule is C=CCn1nc(C(=O)O)cc1-c1ccc2c(c1)OCO2. The molecule has 20 heavy (non-hydrogen) atoms. The first kappa shape index (κ1) is 12.3. The zero-order chi connectivity index (χ0) is 14.1. The van der Waals surface area contributed by atoms with Gasteiger partial charge in [-0.2, -0.15) is 5.10 Å². The van der Waals surface area contributed by atoms with Gasteiger partial charge in [0.25, 0.3) is 0 Å². The third-order valence-corrected chi connectivity index (χ3v) is 2.97. The van der Waals surface area contributed by atoms with Gasteiger partial charge in [0.15, 0.2) is 17.2 Å². The van der Waals surface area contributed by atoms with E-state index in [0.717, 1.165) is 5.56 Å². The van der Waals surface area contributed by atoms with Crippen molar-refractivity contribution in [1.82, 2.24) is 9.78 Å². The first-order valence-corrected chi connectivity index (χ1v) is 6.01. The molecule has 0 spiro atoms. The highest BCUT2D eigenvalue weighted by atomic mass is 16.7. The molecule has 2 aromatic rings. The Morgan fingerprint density at radius 1 is 1.40 bits per heavy atom. The first-order valence-electron chi connectivity index (χ1n) is 6.01. The highest BCUT2D eigenvalue weighted by Gasteiger charge is 2.18. The Hall–Kier alpha value is -2.76. The van der Waals surface area contributed by atoms with Crippen LogP contribution in [0, 0.1) is 0 Å². The zero-order valence-corrected chi connectivity index (χ0v) is 10.6. The number of rotatable bonds is 4. The highest BCUT2D eigenvalue weighted by Crippen LogP contribution is 2.36. The van der Waals surface area contributed by atoms with Crippen LogP contribution in [0.25, 0.3) is 11.3 Å². The number of carboxylic acids is 1. The van der Waals surface area contributed by atoms with E-state index in [1.165, 1.54) is 6.07 Å². The van der Waals surface area contributed by atoms with Crippen LogP contribution in [0.3, 0.4) is 0 Å². The number of aromatic carboxylic acids is 1. The molecular formula is C14H12N2O4. The quantitative estimate of drug-likeness (QED) is 0.863. The fraction of sp³-hybridized carbons (Fsp3) is 0.143. The molecule has 1 aromatic heterocycles. The monoisotopic (exact) mass is 272 g/mol. The number of aromatic nitrogens is 2. The molecule has 0 fully saturated rings. The Morgan fingerprint density at radius 3 is 2.95 bits per heavy atom. The molecule has 1 aliphatic heterocycles. The van der Waals surface area contributed by atoms with E-state index in [1.807, 2.05) is 12.1 Å². The molecule has 0 unspecified atom stereocenters. The minimum atomic E-state index is -1.06. The largest absolute Gasteiger partial charge is 0.476 e. The normalized spacial score (nSPS) is 12.4. The van der Waals surface area contributed by atoms with Gasteiger partial charge in [0.05, 0.1) is 12.2 Å². The van der Waals surface area contributed by atoms with Crippen molar-refractivity contribution in [2.45, 2.75) is 6.54 Å². The van der Waals surface area contributed by atoms with E-state index >= 15 is 0 Å². The minimum absolute atomic E-state index is 0.000447. The van der Waals surface area contributed by atoms with E-state index in [9.17, 15) is 4.79 Å². The summed E-state index contributed by atoms with van der Waals surface area (Å²) in [6.07, 6.45) is 1.66. The van der Waals surface area contributed by atoms with Crippen molar-refractivity contribution in [2.24, 2.45) is 0 Å². The van der Waals surface area contributed by atoms with Crippen LogP contribution in [0.15, 0.2) is 36.9 Å². The number of carbonyl (C=O) groups is 1. The fourth-order valence-corrected chi connectivity index (χ4v) is 2.07. The van der Waals surface area contributed by atoms with Gasteiger partial charge < -0.3 is 14.6 Å². The predicted molar refractivity (Wildman–Crippen MR) is 70.9 cm³/mol. The smallest absolute Gasteiger partial charge is 0.356 e. The molecule has 0 aliphatic carbocycles. The third kappa shape index (κ3) is 2.01. The number of allylic oxidation sites excluding steroid dienone is 1. The summed E-state index contributed by atoms with van der Waals surface area (Å²) in [6.45, 7) is 4.28. The summed E-state index contributed by atoms with van der Waals surface area (Å²) in [7, 11) is 0. The molecule has 1 aromatic carbocycles. The Balaban J connectivity index is 2.08. The molecule has 3 rings (SSSR count). The minimum Gasteiger partial charge on any atom is -0.476 e. The molecule has 0 saturated heterocycles. The van der Waals surface area contributed by atoms with E-state index in [4.69, 9.17) is 14.6 Å². The van der Waals surface area contributed by atoms with Gasteiger partial charge in [0.2, 0.25) is 6.79 Å². The number of hydrogen-bond acceptors (Lipinski definition) is 4. The van der Waals surface area contributed by atoms with Crippen molar-refractivity contribution in [1.29, 1.82) is 0 Å². The molecule has 2 heterocycles. The topological polar surface area (TPSA) is 73.6 Å². The number of carboxylic acid groups (broad SMARTS) is 1. The second-order valence-corrected chi connectivity index (χ2v) is 4.26. The van der Waals surface area contributed by atoms with E-state index in [2.05, 4.69) is 11.7 Å². The maximum absolute atomic E-state index is 11.0. The van der Waals surface area contributed by atoms with E-state index in [-0.39, 0.29) is 12.5 Å². The maximum Gasteiger partial charge on any atom is 0.356 e.